The number of fused-ring (bicyclic) bond motifs is 3. The first kappa shape index (κ1) is 20.4. The van der Waals surface area contributed by atoms with Crippen LogP contribution < -0.4 is 14.8 Å². The summed E-state index contributed by atoms with van der Waals surface area (Å²) < 4.78 is 26.3. The van der Waals surface area contributed by atoms with Gasteiger partial charge in [-0.3, -0.25) is 4.79 Å². The highest BCUT2D eigenvalue weighted by atomic mass is 32.2. The lowest BCUT2D eigenvalue weighted by Crippen LogP contribution is -2.24. The molecule has 2 aromatic heterocycles. The van der Waals surface area contributed by atoms with Crippen molar-refractivity contribution in [3.8, 4) is 11.5 Å². The minimum Gasteiger partial charge on any atom is -0.493 e. The number of amides is 1. The Morgan fingerprint density at radius 3 is 2.80 bits per heavy atom. The molecule has 30 heavy (non-hydrogen) atoms. The Morgan fingerprint density at radius 2 is 2.00 bits per heavy atom. The molecule has 0 saturated heterocycles. The molecule has 0 radical (unpaired) electrons. The molecule has 154 valence electrons. The van der Waals surface area contributed by atoms with Crippen LogP contribution in [0.1, 0.15) is 5.56 Å². The van der Waals surface area contributed by atoms with Gasteiger partial charge in [-0.05, 0) is 29.8 Å². The van der Waals surface area contributed by atoms with Gasteiger partial charge in [0.1, 0.15) is 17.2 Å². The van der Waals surface area contributed by atoms with Gasteiger partial charge < -0.3 is 14.8 Å². The highest BCUT2D eigenvalue weighted by molar-refractivity contribution is 8.00. The molecule has 0 aliphatic rings. The fourth-order valence-electron chi connectivity index (χ4n) is 3.04. The lowest BCUT2D eigenvalue weighted by molar-refractivity contribution is -0.118. The number of thiophene rings is 1. The second-order valence-electron chi connectivity index (χ2n) is 6.33. The van der Waals surface area contributed by atoms with Crippen LogP contribution in [-0.2, 0) is 11.3 Å². The SMILES string of the molecule is COc1ccc(CNC(=O)CSc2ncnc3c2sc2cccc(F)c23)cc1OC. The average Bonchev–Trinajstić information content (AvgIpc) is 3.16. The van der Waals surface area contributed by atoms with E-state index in [0.29, 0.717) is 34.0 Å². The molecule has 0 atom stereocenters. The van der Waals surface area contributed by atoms with Crippen molar-refractivity contribution in [3.05, 3.63) is 54.1 Å². The van der Waals surface area contributed by atoms with Crippen LogP contribution in [-0.4, -0.2) is 35.8 Å². The number of nitrogens with one attached hydrogen (secondary N) is 1. The standard InChI is InChI=1S/C21H18FN3O3S2/c1-27-14-7-6-12(8-15(14)28-2)9-23-17(26)10-29-21-20-19(24-11-25-21)18-13(22)4-3-5-16(18)30-20/h3-8,11H,9-10H2,1-2H3,(H,23,26). The van der Waals surface area contributed by atoms with Crippen LogP contribution in [0.2, 0.25) is 0 Å². The van der Waals surface area contributed by atoms with Crippen molar-refractivity contribution in [2.45, 2.75) is 11.6 Å². The van der Waals surface area contributed by atoms with E-state index in [1.54, 1.807) is 26.4 Å². The molecule has 2 heterocycles. The Labute approximate surface area is 180 Å². The molecule has 0 bridgehead atoms. The second kappa shape index (κ2) is 8.85. The lowest BCUT2D eigenvalue weighted by Gasteiger charge is -2.10. The summed E-state index contributed by atoms with van der Waals surface area (Å²) in [5.74, 6) is 1.00. The van der Waals surface area contributed by atoms with Crippen molar-refractivity contribution in [1.29, 1.82) is 0 Å². The molecule has 0 saturated carbocycles. The number of rotatable bonds is 7. The molecule has 0 aliphatic carbocycles. The summed E-state index contributed by atoms with van der Waals surface area (Å²) in [4.78, 5) is 20.9. The van der Waals surface area contributed by atoms with E-state index >= 15 is 0 Å². The molecule has 9 heteroatoms. The molecule has 2 aromatic carbocycles. The first-order chi connectivity index (χ1) is 14.6. The Kier molecular flexibility index (Phi) is 6.01. The van der Waals surface area contributed by atoms with Gasteiger partial charge in [0.05, 0.1) is 35.6 Å². The molecule has 1 N–H and O–H groups in total. The Balaban J connectivity index is 1.44. The van der Waals surface area contributed by atoms with Crippen LogP contribution in [0.15, 0.2) is 47.8 Å². The maximum absolute atomic E-state index is 14.2. The number of carbonyl (C=O) groups is 1. The number of thioether (sulfide) groups is 1. The van der Waals surface area contributed by atoms with E-state index in [-0.39, 0.29) is 17.5 Å². The summed E-state index contributed by atoms with van der Waals surface area (Å²) in [6, 6.07) is 10.4. The molecule has 0 unspecified atom stereocenters. The number of benzene rings is 2. The van der Waals surface area contributed by atoms with E-state index in [2.05, 4.69) is 15.3 Å². The van der Waals surface area contributed by atoms with E-state index in [9.17, 15) is 9.18 Å². The Hall–Kier alpha value is -2.91. The number of carbonyl (C=O) groups excluding carboxylic acids is 1. The van der Waals surface area contributed by atoms with Gasteiger partial charge in [-0.25, -0.2) is 14.4 Å². The minimum absolute atomic E-state index is 0.131. The van der Waals surface area contributed by atoms with E-state index in [4.69, 9.17) is 9.47 Å². The fraction of sp³-hybridized carbons (Fsp3) is 0.190. The van der Waals surface area contributed by atoms with Crippen LogP contribution >= 0.6 is 23.1 Å². The number of hydrogen-bond donors (Lipinski definition) is 1. The van der Waals surface area contributed by atoms with Crippen LogP contribution in [0.5, 0.6) is 11.5 Å². The third-order valence-corrected chi connectivity index (χ3v) is 6.74. The summed E-state index contributed by atoms with van der Waals surface area (Å²) in [6.45, 7) is 0.368. The topological polar surface area (TPSA) is 73.3 Å². The van der Waals surface area contributed by atoms with Gasteiger partial charge in [-0.2, -0.15) is 0 Å². The predicted octanol–water partition coefficient (Wildman–Crippen LogP) is 4.41. The van der Waals surface area contributed by atoms with E-state index < -0.39 is 0 Å². The normalized spacial score (nSPS) is 11.0. The summed E-state index contributed by atoms with van der Waals surface area (Å²) in [5, 5.41) is 4.05. The number of nitrogens with zero attached hydrogens (tertiary/aromatic N) is 2. The lowest BCUT2D eigenvalue weighted by atomic mass is 10.2. The van der Waals surface area contributed by atoms with Crippen molar-refractivity contribution in [1.82, 2.24) is 15.3 Å². The zero-order valence-electron chi connectivity index (χ0n) is 16.3. The van der Waals surface area contributed by atoms with Gasteiger partial charge in [0.2, 0.25) is 5.91 Å². The van der Waals surface area contributed by atoms with Crippen LogP contribution in [0.25, 0.3) is 20.3 Å². The number of methoxy groups -OCH3 is 2. The fourth-order valence-corrected chi connectivity index (χ4v) is 5.11. The number of halogens is 1. The van der Waals surface area contributed by atoms with Crippen LogP contribution in [0.4, 0.5) is 4.39 Å². The van der Waals surface area contributed by atoms with Gasteiger partial charge in [0.25, 0.3) is 0 Å². The van der Waals surface area contributed by atoms with E-state index in [1.807, 2.05) is 18.2 Å². The smallest absolute Gasteiger partial charge is 0.230 e. The quantitative estimate of drug-likeness (QED) is 0.337. The number of aromatic nitrogens is 2. The predicted molar refractivity (Wildman–Crippen MR) is 117 cm³/mol. The van der Waals surface area contributed by atoms with Crippen molar-refractivity contribution >= 4 is 49.3 Å². The molecule has 0 spiro atoms. The molecular weight excluding hydrogens is 425 g/mol. The Morgan fingerprint density at radius 1 is 1.17 bits per heavy atom. The van der Waals surface area contributed by atoms with Gasteiger partial charge in [-0.15, -0.1) is 11.3 Å². The zero-order chi connectivity index (χ0) is 21.1. The first-order valence-electron chi connectivity index (χ1n) is 9.03. The van der Waals surface area contributed by atoms with Gasteiger partial charge in [0.15, 0.2) is 11.5 Å². The van der Waals surface area contributed by atoms with Crippen molar-refractivity contribution < 1.29 is 18.7 Å². The third-order valence-electron chi connectivity index (χ3n) is 4.47. The molecule has 6 nitrogen and oxygen atoms in total. The summed E-state index contributed by atoms with van der Waals surface area (Å²) in [7, 11) is 3.14. The van der Waals surface area contributed by atoms with E-state index in [0.717, 1.165) is 15.0 Å². The summed E-state index contributed by atoms with van der Waals surface area (Å²) in [6.07, 6.45) is 1.41. The maximum atomic E-state index is 14.2. The molecule has 4 aromatic rings. The van der Waals surface area contributed by atoms with Gasteiger partial charge >= 0.3 is 0 Å². The number of ether oxygens (including phenoxy) is 2. The number of hydrogen-bond acceptors (Lipinski definition) is 7. The molecule has 4 rings (SSSR count). The minimum atomic E-state index is -0.305. The molecule has 0 fully saturated rings. The monoisotopic (exact) mass is 443 g/mol. The maximum Gasteiger partial charge on any atom is 0.230 e. The summed E-state index contributed by atoms with van der Waals surface area (Å²) >= 11 is 2.74. The van der Waals surface area contributed by atoms with Crippen molar-refractivity contribution in [2.75, 3.05) is 20.0 Å². The highest BCUT2D eigenvalue weighted by Gasteiger charge is 2.15. The van der Waals surface area contributed by atoms with E-state index in [1.165, 1.54) is 35.5 Å². The average molecular weight is 444 g/mol. The summed E-state index contributed by atoms with van der Waals surface area (Å²) in [5.41, 5.74) is 1.48. The van der Waals surface area contributed by atoms with Crippen LogP contribution in [0, 0.1) is 5.82 Å². The Bertz CT molecular complexity index is 1230. The molecular formula is C21H18FN3O3S2. The van der Waals surface area contributed by atoms with Crippen molar-refractivity contribution in [3.63, 3.8) is 0 Å². The van der Waals surface area contributed by atoms with Crippen molar-refractivity contribution in [2.24, 2.45) is 0 Å². The zero-order valence-corrected chi connectivity index (χ0v) is 17.9. The van der Waals surface area contributed by atoms with Gasteiger partial charge in [0, 0.05) is 11.2 Å². The van der Waals surface area contributed by atoms with Crippen LogP contribution in [0.3, 0.4) is 0 Å². The second-order valence-corrected chi connectivity index (χ2v) is 8.34. The third kappa shape index (κ3) is 4.03. The highest BCUT2D eigenvalue weighted by Crippen LogP contribution is 2.38. The largest absolute Gasteiger partial charge is 0.493 e. The van der Waals surface area contributed by atoms with Gasteiger partial charge in [-0.1, -0.05) is 23.9 Å². The molecule has 0 aliphatic heterocycles. The first-order valence-corrected chi connectivity index (χ1v) is 10.8. The molecule has 1 amide bonds.